The van der Waals surface area contributed by atoms with Gasteiger partial charge >= 0.3 is 0 Å². The van der Waals surface area contributed by atoms with Crippen LogP contribution in [-0.4, -0.2) is 32.3 Å². The van der Waals surface area contributed by atoms with Crippen molar-refractivity contribution in [3.63, 3.8) is 0 Å². The Kier molecular flexibility index (Phi) is 4.35. The topological polar surface area (TPSA) is 84.2 Å². The van der Waals surface area contributed by atoms with Crippen LogP contribution in [0.25, 0.3) is 0 Å². The summed E-state index contributed by atoms with van der Waals surface area (Å²) in [7, 11) is 0. The summed E-state index contributed by atoms with van der Waals surface area (Å²) in [5.41, 5.74) is 4.07. The first-order valence-corrected chi connectivity index (χ1v) is 8.51. The lowest BCUT2D eigenvalue weighted by Crippen LogP contribution is -2.36. The molecule has 1 aliphatic rings. The molecule has 1 aliphatic heterocycles. The monoisotopic (exact) mass is 349 g/mol. The van der Waals surface area contributed by atoms with E-state index in [-0.39, 0.29) is 5.91 Å². The third kappa shape index (κ3) is 3.15. The van der Waals surface area contributed by atoms with Gasteiger partial charge in [0.05, 0.1) is 11.8 Å². The zero-order valence-electron chi connectivity index (χ0n) is 14.5. The highest BCUT2D eigenvalue weighted by molar-refractivity contribution is 5.95. The lowest BCUT2D eigenvalue weighted by Gasteiger charge is -2.29. The van der Waals surface area contributed by atoms with Gasteiger partial charge in [-0.3, -0.25) is 9.78 Å². The maximum Gasteiger partial charge on any atom is 0.257 e. The SMILES string of the molecule is Cc1occc1C(=O)N1CCc2c(CNc3ncccn3)cncc2C1. The number of rotatable bonds is 4. The van der Waals surface area contributed by atoms with E-state index in [0.717, 1.165) is 17.5 Å². The first kappa shape index (κ1) is 16.3. The fraction of sp³-hybridized carbons (Fsp3) is 0.263. The summed E-state index contributed by atoms with van der Waals surface area (Å²) in [5, 5.41) is 3.22. The maximum absolute atomic E-state index is 12.7. The minimum absolute atomic E-state index is 0.00288. The summed E-state index contributed by atoms with van der Waals surface area (Å²) in [6.07, 6.45) is 9.47. The van der Waals surface area contributed by atoms with Gasteiger partial charge in [0.2, 0.25) is 5.95 Å². The molecule has 1 N–H and O–H groups in total. The molecule has 0 atom stereocenters. The van der Waals surface area contributed by atoms with Gasteiger partial charge in [-0.05, 0) is 42.2 Å². The number of hydrogen-bond acceptors (Lipinski definition) is 6. The Labute approximate surface area is 151 Å². The summed E-state index contributed by atoms with van der Waals surface area (Å²) >= 11 is 0. The highest BCUT2D eigenvalue weighted by atomic mass is 16.3. The zero-order valence-corrected chi connectivity index (χ0v) is 14.5. The van der Waals surface area contributed by atoms with Crippen molar-refractivity contribution < 1.29 is 9.21 Å². The molecule has 0 unspecified atom stereocenters. The Morgan fingerprint density at radius 1 is 1.31 bits per heavy atom. The fourth-order valence-electron chi connectivity index (χ4n) is 3.24. The van der Waals surface area contributed by atoms with Gasteiger partial charge in [-0.25, -0.2) is 9.97 Å². The lowest BCUT2D eigenvalue weighted by atomic mass is 9.96. The van der Waals surface area contributed by atoms with Gasteiger partial charge in [0.15, 0.2) is 0 Å². The zero-order chi connectivity index (χ0) is 17.9. The fourth-order valence-corrected chi connectivity index (χ4v) is 3.24. The summed E-state index contributed by atoms with van der Waals surface area (Å²) in [5.74, 6) is 1.25. The van der Waals surface area contributed by atoms with E-state index in [1.807, 2.05) is 24.2 Å². The van der Waals surface area contributed by atoms with Gasteiger partial charge in [-0.2, -0.15) is 0 Å². The molecule has 7 heteroatoms. The molecular formula is C19H19N5O2. The molecule has 0 bridgehead atoms. The van der Waals surface area contributed by atoms with E-state index in [1.54, 1.807) is 30.8 Å². The Hall–Kier alpha value is -3.22. The van der Waals surface area contributed by atoms with Gasteiger partial charge in [0, 0.05) is 44.4 Å². The highest BCUT2D eigenvalue weighted by Gasteiger charge is 2.25. The third-order valence-corrected chi connectivity index (χ3v) is 4.61. The van der Waals surface area contributed by atoms with E-state index in [4.69, 9.17) is 4.42 Å². The Morgan fingerprint density at radius 2 is 2.15 bits per heavy atom. The number of pyridine rings is 1. The van der Waals surface area contributed by atoms with Gasteiger partial charge in [-0.1, -0.05) is 0 Å². The summed E-state index contributed by atoms with van der Waals surface area (Å²) in [6, 6.07) is 3.51. The summed E-state index contributed by atoms with van der Waals surface area (Å²) in [6.45, 7) is 3.65. The molecule has 4 heterocycles. The lowest BCUT2D eigenvalue weighted by molar-refractivity contribution is 0.0732. The molecule has 0 fully saturated rings. The van der Waals surface area contributed by atoms with E-state index in [0.29, 0.717) is 36.9 Å². The van der Waals surface area contributed by atoms with Crippen LogP contribution in [0.5, 0.6) is 0 Å². The molecule has 7 nitrogen and oxygen atoms in total. The molecule has 0 saturated heterocycles. The van der Waals surface area contributed by atoms with E-state index < -0.39 is 0 Å². The first-order chi connectivity index (χ1) is 12.7. The highest BCUT2D eigenvalue weighted by Crippen LogP contribution is 2.24. The van der Waals surface area contributed by atoms with Crippen molar-refractivity contribution in [2.24, 2.45) is 0 Å². The number of aryl methyl sites for hydroxylation is 1. The second-order valence-electron chi connectivity index (χ2n) is 6.23. The van der Waals surface area contributed by atoms with Crippen LogP contribution in [0.2, 0.25) is 0 Å². The first-order valence-electron chi connectivity index (χ1n) is 8.51. The number of anilines is 1. The normalized spacial score (nSPS) is 13.3. The number of nitrogens with zero attached hydrogens (tertiary/aromatic N) is 4. The predicted octanol–water partition coefficient (Wildman–Crippen LogP) is 2.58. The molecule has 0 saturated carbocycles. The van der Waals surface area contributed by atoms with Gasteiger partial charge in [-0.15, -0.1) is 0 Å². The number of aromatic nitrogens is 3. The third-order valence-electron chi connectivity index (χ3n) is 4.61. The van der Waals surface area contributed by atoms with Crippen molar-refractivity contribution in [2.75, 3.05) is 11.9 Å². The molecule has 0 aliphatic carbocycles. The molecule has 0 aromatic carbocycles. The van der Waals surface area contributed by atoms with Crippen LogP contribution in [0.15, 0.2) is 47.6 Å². The molecule has 3 aromatic heterocycles. The van der Waals surface area contributed by atoms with Gasteiger partial charge in [0.25, 0.3) is 5.91 Å². The second kappa shape index (κ2) is 6.95. The number of furan rings is 1. The average Bonchev–Trinajstić information content (AvgIpc) is 3.12. The maximum atomic E-state index is 12.7. The predicted molar refractivity (Wildman–Crippen MR) is 95.5 cm³/mol. The molecule has 1 amide bonds. The van der Waals surface area contributed by atoms with Crippen LogP contribution < -0.4 is 5.32 Å². The van der Waals surface area contributed by atoms with Crippen LogP contribution in [0.3, 0.4) is 0 Å². The average molecular weight is 349 g/mol. The quantitative estimate of drug-likeness (QED) is 0.779. The van der Waals surface area contributed by atoms with Crippen LogP contribution in [-0.2, 0) is 19.5 Å². The Morgan fingerprint density at radius 3 is 2.92 bits per heavy atom. The molecular weight excluding hydrogens is 330 g/mol. The number of nitrogens with one attached hydrogen (secondary N) is 1. The van der Waals surface area contributed by atoms with Crippen LogP contribution in [0, 0.1) is 6.92 Å². The van der Waals surface area contributed by atoms with Crippen LogP contribution in [0.4, 0.5) is 5.95 Å². The van der Waals surface area contributed by atoms with E-state index in [1.165, 1.54) is 5.56 Å². The van der Waals surface area contributed by atoms with Gasteiger partial charge in [0.1, 0.15) is 5.76 Å². The van der Waals surface area contributed by atoms with Crippen LogP contribution in [0.1, 0.15) is 32.8 Å². The molecule has 0 radical (unpaired) electrons. The minimum Gasteiger partial charge on any atom is -0.469 e. The number of carbonyl (C=O) groups is 1. The van der Waals surface area contributed by atoms with E-state index in [2.05, 4.69) is 20.3 Å². The standard InChI is InChI=1S/C19H19N5O2/c1-13-16(4-8-26-13)18(25)24-7-3-17-14(9-20-10-15(17)12-24)11-23-19-21-5-2-6-22-19/h2,4-6,8-10H,3,7,11-12H2,1H3,(H,21,22,23). The molecule has 132 valence electrons. The number of fused-ring (bicyclic) bond motifs is 1. The Bertz CT molecular complexity index is 923. The summed E-state index contributed by atoms with van der Waals surface area (Å²) < 4.78 is 5.26. The smallest absolute Gasteiger partial charge is 0.257 e. The summed E-state index contributed by atoms with van der Waals surface area (Å²) in [4.78, 5) is 27.2. The molecule has 26 heavy (non-hydrogen) atoms. The minimum atomic E-state index is 0.00288. The van der Waals surface area contributed by atoms with Gasteiger partial charge < -0.3 is 14.6 Å². The molecule has 4 rings (SSSR count). The van der Waals surface area contributed by atoms with E-state index >= 15 is 0 Å². The van der Waals surface area contributed by atoms with Crippen molar-refractivity contribution in [3.05, 3.63) is 71.2 Å². The van der Waals surface area contributed by atoms with Crippen molar-refractivity contribution >= 4 is 11.9 Å². The number of carbonyl (C=O) groups excluding carboxylic acids is 1. The number of amides is 1. The second-order valence-corrected chi connectivity index (χ2v) is 6.23. The van der Waals surface area contributed by atoms with Crippen molar-refractivity contribution in [1.29, 1.82) is 0 Å². The Balaban J connectivity index is 1.50. The molecule has 0 spiro atoms. The number of hydrogen-bond donors (Lipinski definition) is 1. The van der Waals surface area contributed by atoms with Crippen molar-refractivity contribution in [3.8, 4) is 0 Å². The van der Waals surface area contributed by atoms with Crippen molar-refractivity contribution in [2.45, 2.75) is 26.4 Å². The molecule has 3 aromatic rings. The van der Waals surface area contributed by atoms with Crippen molar-refractivity contribution in [1.82, 2.24) is 19.9 Å². The largest absolute Gasteiger partial charge is 0.469 e. The van der Waals surface area contributed by atoms with E-state index in [9.17, 15) is 4.79 Å². The van der Waals surface area contributed by atoms with Crippen LogP contribution >= 0.6 is 0 Å².